The molecule has 2 rings (SSSR count). The minimum absolute atomic E-state index is 0.0117. The number of carbonyl (C=O) groups excluding carboxylic acids is 1. The van der Waals surface area contributed by atoms with Gasteiger partial charge in [0.2, 0.25) is 6.29 Å². The average molecular weight is 278 g/mol. The van der Waals surface area contributed by atoms with Crippen molar-refractivity contribution in [3.63, 3.8) is 0 Å². The van der Waals surface area contributed by atoms with E-state index in [2.05, 4.69) is 33.9 Å². The molecule has 0 N–H and O–H groups in total. The molecule has 0 aromatic carbocycles. The van der Waals surface area contributed by atoms with E-state index in [9.17, 15) is 4.79 Å². The molecule has 0 bridgehead atoms. The number of hydrogen-bond donors (Lipinski definition) is 0. The topological polar surface area (TPSA) is 35.5 Å². The van der Waals surface area contributed by atoms with Crippen molar-refractivity contribution in [2.75, 3.05) is 0 Å². The van der Waals surface area contributed by atoms with E-state index < -0.39 is 6.29 Å². The molecule has 1 unspecified atom stereocenters. The Labute approximate surface area is 122 Å². The maximum atomic E-state index is 11.2. The van der Waals surface area contributed by atoms with Crippen molar-refractivity contribution in [1.82, 2.24) is 0 Å². The van der Waals surface area contributed by atoms with Crippen molar-refractivity contribution < 1.29 is 14.3 Å². The maximum absolute atomic E-state index is 11.2. The molecule has 1 aliphatic carbocycles. The van der Waals surface area contributed by atoms with Gasteiger partial charge in [-0.05, 0) is 31.1 Å². The van der Waals surface area contributed by atoms with Crippen molar-refractivity contribution in [1.29, 1.82) is 0 Å². The Morgan fingerprint density at radius 1 is 1.45 bits per heavy atom. The van der Waals surface area contributed by atoms with Crippen molar-refractivity contribution in [2.45, 2.75) is 52.9 Å². The second-order valence-electron chi connectivity index (χ2n) is 6.67. The standard InChI is InChI=1S/C17H26O3/c1-7-17(6)9-8-13-11(4)16(19-12(5)18)20-15(13)14(17)10(2)3/h7,11,13-16H,1-2,8-9H2,3-6H3/t11-,13-,14+,15-,16?,17+/m0/s1. The second-order valence-corrected chi connectivity index (χ2v) is 6.67. The smallest absolute Gasteiger partial charge is 0.304 e. The Morgan fingerprint density at radius 2 is 2.10 bits per heavy atom. The molecule has 1 saturated heterocycles. The van der Waals surface area contributed by atoms with Crippen LogP contribution in [0.15, 0.2) is 24.8 Å². The fourth-order valence-electron chi connectivity index (χ4n) is 4.01. The third-order valence-electron chi connectivity index (χ3n) is 5.15. The second kappa shape index (κ2) is 5.36. The number of fused-ring (bicyclic) bond motifs is 1. The van der Waals surface area contributed by atoms with Crippen molar-refractivity contribution in [3.8, 4) is 0 Å². The van der Waals surface area contributed by atoms with Crippen LogP contribution in [0.4, 0.5) is 0 Å². The molecular formula is C17H26O3. The van der Waals surface area contributed by atoms with Gasteiger partial charge < -0.3 is 9.47 Å². The monoisotopic (exact) mass is 278 g/mol. The number of rotatable bonds is 3. The molecule has 3 heteroatoms. The summed E-state index contributed by atoms with van der Waals surface area (Å²) in [6.07, 6.45) is 3.85. The van der Waals surface area contributed by atoms with Crippen LogP contribution in [-0.2, 0) is 14.3 Å². The zero-order valence-corrected chi connectivity index (χ0v) is 13.0. The van der Waals surface area contributed by atoms with E-state index >= 15 is 0 Å². The largest absolute Gasteiger partial charge is 0.436 e. The average Bonchev–Trinajstić information content (AvgIpc) is 2.64. The lowest BCUT2D eigenvalue weighted by Crippen LogP contribution is -2.44. The molecule has 0 spiro atoms. The molecule has 112 valence electrons. The van der Waals surface area contributed by atoms with Gasteiger partial charge in [-0.1, -0.05) is 32.1 Å². The number of allylic oxidation sites excluding steroid dienone is 1. The van der Waals surface area contributed by atoms with E-state index in [0.29, 0.717) is 5.92 Å². The Balaban J connectivity index is 2.27. The van der Waals surface area contributed by atoms with Gasteiger partial charge in [0, 0.05) is 18.8 Å². The van der Waals surface area contributed by atoms with Gasteiger partial charge in [-0.25, -0.2) is 0 Å². The Bertz CT molecular complexity index is 428. The van der Waals surface area contributed by atoms with Crippen LogP contribution >= 0.6 is 0 Å². The first kappa shape index (κ1) is 15.3. The summed E-state index contributed by atoms with van der Waals surface area (Å²) < 4.78 is 11.4. The molecule has 20 heavy (non-hydrogen) atoms. The summed E-state index contributed by atoms with van der Waals surface area (Å²) in [6.45, 7) is 16.0. The normalized spacial score (nSPS) is 43.7. The van der Waals surface area contributed by atoms with E-state index in [4.69, 9.17) is 9.47 Å². The highest BCUT2D eigenvalue weighted by atomic mass is 16.7. The summed E-state index contributed by atoms with van der Waals surface area (Å²) in [7, 11) is 0. The van der Waals surface area contributed by atoms with E-state index in [1.165, 1.54) is 6.92 Å². The highest BCUT2D eigenvalue weighted by molar-refractivity contribution is 5.66. The molecule has 0 aromatic rings. The van der Waals surface area contributed by atoms with E-state index in [1.807, 2.05) is 6.08 Å². The van der Waals surface area contributed by atoms with Crippen molar-refractivity contribution in [3.05, 3.63) is 24.8 Å². The molecule has 1 aliphatic heterocycles. The SMILES string of the molecule is C=C[C@]1(C)CC[C@@H]2[C@H](OC(OC(C)=O)[C@H]2C)[C@H]1C(=C)C. The van der Waals surface area contributed by atoms with Gasteiger partial charge in [0.1, 0.15) is 0 Å². The first-order chi connectivity index (χ1) is 9.30. The zero-order chi connectivity index (χ0) is 15.1. The lowest BCUT2D eigenvalue weighted by molar-refractivity contribution is -0.183. The number of carbonyl (C=O) groups is 1. The van der Waals surface area contributed by atoms with Crippen LogP contribution in [0.1, 0.15) is 40.5 Å². The molecule has 0 amide bonds. The van der Waals surface area contributed by atoms with Crippen LogP contribution in [-0.4, -0.2) is 18.4 Å². The molecule has 3 nitrogen and oxygen atoms in total. The highest BCUT2D eigenvalue weighted by Gasteiger charge is 2.54. The first-order valence-corrected chi connectivity index (χ1v) is 7.42. The fraction of sp³-hybridized carbons (Fsp3) is 0.706. The van der Waals surface area contributed by atoms with Gasteiger partial charge in [0.05, 0.1) is 6.10 Å². The van der Waals surface area contributed by atoms with E-state index in [0.717, 1.165) is 18.4 Å². The molecule has 6 atom stereocenters. The first-order valence-electron chi connectivity index (χ1n) is 7.42. The molecule has 2 fully saturated rings. The molecule has 1 saturated carbocycles. The predicted molar refractivity (Wildman–Crippen MR) is 78.9 cm³/mol. The predicted octanol–water partition coefficient (Wildman–Crippen LogP) is 3.71. The van der Waals surface area contributed by atoms with Crippen molar-refractivity contribution >= 4 is 5.97 Å². The molecule has 1 heterocycles. The Hall–Kier alpha value is -1.09. The van der Waals surface area contributed by atoms with Gasteiger partial charge in [-0.2, -0.15) is 0 Å². The van der Waals surface area contributed by atoms with Crippen LogP contribution in [0.25, 0.3) is 0 Å². The molecule has 2 aliphatic rings. The minimum Gasteiger partial charge on any atom is -0.436 e. The van der Waals surface area contributed by atoms with E-state index in [-0.39, 0.29) is 29.3 Å². The van der Waals surface area contributed by atoms with Gasteiger partial charge in [-0.15, -0.1) is 6.58 Å². The fourth-order valence-corrected chi connectivity index (χ4v) is 4.01. The van der Waals surface area contributed by atoms with Crippen LogP contribution in [0.2, 0.25) is 0 Å². The summed E-state index contributed by atoms with van der Waals surface area (Å²) in [5.74, 6) is 0.620. The molecule has 0 radical (unpaired) electrons. The third kappa shape index (κ3) is 2.44. The van der Waals surface area contributed by atoms with Gasteiger partial charge in [0.15, 0.2) is 0 Å². The number of hydrogen-bond acceptors (Lipinski definition) is 3. The van der Waals surface area contributed by atoms with Crippen LogP contribution in [0, 0.1) is 23.2 Å². The summed E-state index contributed by atoms with van der Waals surface area (Å²) in [4.78, 5) is 11.2. The third-order valence-corrected chi connectivity index (χ3v) is 5.15. The summed E-state index contributed by atoms with van der Waals surface area (Å²) in [6, 6.07) is 0. The quantitative estimate of drug-likeness (QED) is 0.583. The minimum atomic E-state index is -0.420. The van der Waals surface area contributed by atoms with Gasteiger partial charge >= 0.3 is 5.97 Å². The van der Waals surface area contributed by atoms with Crippen LogP contribution < -0.4 is 0 Å². The van der Waals surface area contributed by atoms with Crippen LogP contribution in [0.5, 0.6) is 0 Å². The summed E-state index contributed by atoms with van der Waals surface area (Å²) in [5.41, 5.74) is 1.13. The molecular weight excluding hydrogens is 252 g/mol. The number of ether oxygens (including phenoxy) is 2. The summed E-state index contributed by atoms with van der Waals surface area (Å²) >= 11 is 0. The lowest BCUT2D eigenvalue weighted by atomic mass is 9.59. The maximum Gasteiger partial charge on any atom is 0.304 e. The Morgan fingerprint density at radius 3 is 2.60 bits per heavy atom. The van der Waals surface area contributed by atoms with Crippen molar-refractivity contribution in [2.24, 2.45) is 23.2 Å². The van der Waals surface area contributed by atoms with E-state index in [1.54, 1.807) is 0 Å². The lowest BCUT2D eigenvalue weighted by Gasteiger charge is -2.46. The number of esters is 1. The van der Waals surface area contributed by atoms with Crippen LogP contribution in [0.3, 0.4) is 0 Å². The Kier molecular flexibility index (Phi) is 4.10. The molecule has 0 aromatic heterocycles. The summed E-state index contributed by atoms with van der Waals surface area (Å²) in [5, 5.41) is 0. The highest BCUT2D eigenvalue weighted by Crippen LogP contribution is 2.54. The zero-order valence-electron chi connectivity index (χ0n) is 13.0. The van der Waals surface area contributed by atoms with Gasteiger partial charge in [-0.3, -0.25) is 4.79 Å². The van der Waals surface area contributed by atoms with Gasteiger partial charge in [0.25, 0.3) is 0 Å².